The van der Waals surface area contributed by atoms with E-state index in [1.54, 1.807) is 7.11 Å². The van der Waals surface area contributed by atoms with Crippen LogP contribution in [0.1, 0.15) is 5.56 Å². The van der Waals surface area contributed by atoms with Crippen LogP contribution in [0.5, 0.6) is 5.75 Å². The number of ether oxygens (including phenoxy) is 1. The highest BCUT2D eigenvalue weighted by atomic mass is 79.9. The standard InChI is InChI=1S/C14H13BrOS/c1-16-12-7-8-14(15)11(9-12)10-17-13-5-3-2-4-6-13/h2-9H,10H2,1H3. The summed E-state index contributed by atoms with van der Waals surface area (Å²) >= 11 is 5.39. The average Bonchev–Trinajstić information content (AvgIpc) is 2.39. The van der Waals surface area contributed by atoms with Crippen molar-refractivity contribution in [2.45, 2.75) is 10.6 Å². The third-order valence-corrected chi connectivity index (χ3v) is 4.22. The Morgan fingerprint density at radius 1 is 1.12 bits per heavy atom. The Morgan fingerprint density at radius 3 is 2.59 bits per heavy atom. The van der Waals surface area contributed by atoms with Crippen molar-refractivity contribution < 1.29 is 4.74 Å². The molecular weight excluding hydrogens is 296 g/mol. The van der Waals surface area contributed by atoms with Crippen molar-refractivity contribution >= 4 is 27.7 Å². The maximum atomic E-state index is 5.23. The van der Waals surface area contributed by atoms with Gasteiger partial charge in [-0.25, -0.2) is 0 Å². The minimum atomic E-state index is 0.900. The number of halogens is 1. The molecule has 0 unspecified atom stereocenters. The fourth-order valence-electron chi connectivity index (χ4n) is 1.47. The number of rotatable bonds is 4. The van der Waals surface area contributed by atoms with Crippen molar-refractivity contribution in [3.05, 3.63) is 58.6 Å². The quantitative estimate of drug-likeness (QED) is 0.754. The fourth-order valence-corrected chi connectivity index (χ4v) is 2.95. The first-order valence-electron chi connectivity index (χ1n) is 5.30. The van der Waals surface area contributed by atoms with E-state index >= 15 is 0 Å². The van der Waals surface area contributed by atoms with Crippen molar-refractivity contribution in [3.8, 4) is 5.75 Å². The maximum Gasteiger partial charge on any atom is 0.119 e. The van der Waals surface area contributed by atoms with E-state index in [1.165, 1.54) is 10.5 Å². The van der Waals surface area contributed by atoms with E-state index < -0.39 is 0 Å². The van der Waals surface area contributed by atoms with Gasteiger partial charge in [0, 0.05) is 15.1 Å². The van der Waals surface area contributed by atoms with Gasteiger partial charge in [-0.1, -0.05) is 34.1 Å². The molecule has 0 aromatic heterocycles. The number of methoxy groups -OCH3 is 1. The van der Waals surface area contributed by atoms with Crippen LogP contribution in [-0.2, 0) is 5.75 Å². The SMILES string of the molecule is COc1ccc(Br)c(CSc2ccccc2)c1. The summed E-state index contributed by atoms with van der Waals surface area (Å²) in [7, 11) is 1.69. The van der Waals surface area contributed by atoms with Gasteiger partial charge >= 0.3 is 0 Å². The predicted molar refractivity (Wildman–Crippen MR) is 76.7 cm³/mol. The molecule has 2 rings (SSSR count). The van der Waals surface area contributed by atoms with Gasteiger partial charge in [0.15, 0.2) is 0 Å². The summed E-state index contributed by atoms with van der Waals surface area (Å²) in [6, 6.07) is 16.5. The van der Waals surface area contributed by atoms with E-state index in [4.69, 9.17) is 4.74 Å². The highest BCUT2D eigenvalue weighted by Crippen LogP contribution is 2.29. The van der Waals surface area contributed by atoms with Gasteiger partial charge < -0.3 is 4.74 Å². The van der Waals surface area contributed by atoms with Gasteiger partial charge in [0.25, 0.3) is 0 Å². The molecule has 17 heavy (non-hydrogen) atoms. The first-order valence-corrected chi connectivity index (χ1v) is 7.08. The fraction of sp³-hybridized carbons (Fsp3) is 0.143. The summed E-state index contributed by atoms with van der Waals surface area (Å²) in [5.74, 6) is 1.83. The summed E-state index contributed by atoms with van der Waals surface area (Å²) in [5, 5.41) is 0. The summed E-state index contributed by atoms with van der Waals surface area (Å²) in [5.41, 5.74) is 1.25. The molecule has 0 saturated heterocycles. The number of hydrogen-bond acceptors (Lipinski definition) is 2. The molecular formula is C14H13BrOS. The molecule has 0 spiro atoms. The van der Waals surface area contributed by atoms with Crippen LogP contribution >= 0.6 is 27.7 Å². The molecule has 0 N–H and O–H groups in total. The van der Waals surface area contributed by atoms with E-state index in [0.29, 0.717) is 0 Å². The Morgan fingerprint density at radius 2 is 1.88 bits per heavy atom. The zero-order chi connectivity index (χ0) is 12.1. The van der Waals surface area contributed by atoms with Gasteiger partial charge in [0.05, 0.1) is 7.11 Å². The Hall–Kier alpha value is -0.930. The van der Waals surface area contributed by atoms with Gasteiger partial charge in [-0.3, -0.25) is 0 Å². The summed E-state index contributed by atoms with van der Waals surface area (Å²) in [4.78, 5) is 1.28. The Balaban J connectivity index is 2.08. The largest absolute Gasteiger partial charge is 0.497 e. The molecule has 0 fully saturated rings. The van der Waals surface area contributed by atoms with Crippen LogP contribution in [0.25, 0.3) is 0 Å². The Kier molecular flexibility index (Phi) is 4.51. The molecule has 0 heterocycles. The second-order valence-electron chi connectivity index (χ2n) is 3.56. The van der Waals surface area contributed by atoms with Crippen LogP contribution in [0.4, 0.5) is 0 Å². The number of benzene rings is 2. The third-order valence-electron chi connectivity index (χ3n) is 2.39. The maximum absolute atomic E-state index is 5.23. The van der Waals surface area contributed by atoms with Gasteiger partial charge in [-0.2, -0.15) is 0 Å². The third kappa shape index (κ3) is 3.51. The van der Waals surface area contributed by atoms with Crippen LogP contribution < -0.4 is 4.74 Å². The first kappa shape index (κ1) is 12.5. The highest BCUT2D eigenvalue weighted by Gasteiger charge is 2.03. The lowest BCUT2D eigenvalue weighted by Crippen LogP contribution is -1.87. The lowest BCUT2D eigenvalue weighted by Gasteiger charge is -2.07. The van der Waals surface area contributed by atoms with Crippen LogP contribution in [0, 0.1) is 0 Å². The zero-order valence-corrected chi connectivity index (χ0v) is 11.9. The molecule has 0 aliphatic carbocycles. The highest BCUT2D eigenvalue weighted by molar-refractivity contribution is 9.10. The van der Waals surface area contributed by atoms with Crippen LogP contribution in [0.15, 0.2) is 57.9 Å². The molecule has 0 amide bonds. The first-order chi connectivity index (χ1) is 8.29. The second-order valence-corrected chi connectivity index (χ2v) is 5.46. The van der Waals surface area contributed by atoms with Crippen LogP contribution in [0.2, 0.25) is 0 Å². The topological polar surface area (TPSA) is 9.23 Å². The van der Waals surface area contributed by atoms with Gasteiger partial charge in [0.2, 0.25) is 0 Å². The van der Waals surface area contributed by atoms with Crippen molar-refractivity contribution in [1.82, 2.24) is 0 Å². The van der Waals surface area contributed by atoms with Crippen LogP contribution in [-0.4, -0.2) is 7.11 Å². The van der Waals surface area contributed by atoms with E-state index in [1.807, 2.05) is 30.0 Å². The normalized spacial score (nSPS) is 10.2. The van der Waals surface area contributed by atoms with Gasteiger partial charge in [-0.15, -0.1) is 11.8 Å². The van der Waals surface area contributed by atoms with E-state index in [0.717, 1.165) is 16.0 Å². The minimum absolute atomic E-state index is 0.900. The van der Waals surface area contributed by atoms with Crippen molar-refractivity contribution in [1.29, 1.82) is 0 Å². The lowest BCUT2D eigenvalue weighted by atomic mass is 10.2. The molecule has 3 heteroatoms. The molecule has 0 atom stereocenters. The van der Waals surface area contributed by atoms with E-state index in [2.05, 4.69) is 46.3 Å². The molecule has 0 bridgehead atoms. The molecule has 0 radical (unpaired) electrons. The molecule has 1 nitrogen and oxygen atoms in total. The molecule has 0 aliphatic heterocycles. The predicted octanol–water partition coefficient (Wildman–Crippen LogP) is 4.75. The van der Waals surface area contributed by atoms with Crippen LogP contribution in [0.3, 0.4) is 0 Å². The lowest BCUT2D eigenvalue weighted by molar-refractivity contribution is 0.414. The van der Waals surface area contributed by atoms with Crippen molar-refractivity contribution in [2.75, 3.05) is 7.11 Å². The smallest absolute Gasteiger partial charge is 0.119 e. The summed E-state index contributed by atoms with van der Waals surface area (Å²) in [6.45, 7) is 0. The minimum Gasteiger partial charge on any atom is -0.497 e. The van der Waals surface area contributed by atoms with Crippen molar-refractivity contribution in [3.63, 3.8) is 0 Å². The molecule has 88 valence electrons. The molecule has 2 aromatic rings. The number of hydrogen-bond donors (Lipinski definition) is 0. The van der Waals surface area contributed by atoms with Crippen molar-refractivity contribution in [2.24, 2.45) is 0 Å². The average molecular weight is 309 g/mol. The summed E-state index contributed by atoms with van der Waals surface area (Å²) < 4.78 is 6.36. The molecule has 0 saturated carbocycles. The molecule has 0 aliphatic rings. The second kappa shape index (κ2) is 6.12. The zero-order valence-electron chi connectivity index (χ0n) is 9.52. The Bertz CT molecular complexity index is 485. The van der Waals surface area contributed by atoms with Gasteiger partial charge in [-0.05, 0) is 35.9 Å². The Labute approximate surface area is 114 Å². The monoisotopic (exact) mass is 308 g/mol. The number of thioether (sulfide) groups is 1. The summed E-state index contributed by atoms with van der Waals surface area (Å²) in [6.07, 6.45) is 0. The van der Waals surface area contributed by atoms with E-state index in [9.17, 15) is 0 Å². The molecule has 2 aromatic carbocycles. The van der Waals surface area contributed by atoms with E-state index in [-0.39, 0.29) is 0 Å². The van der Waals surface area contributed by atoms with Gasteiger partial charge in [0.1, 0.15) is 5.75 Å².